The molecule has 0 radical (unpaired) electrons. The van der Waals surface area contributed by atoms with Gasteiger partial charge in [0, 0.05) is 12.0 Å². The van der Waals surface area contributed by atoms with Gasteiger partial charge in [0.2, 0.25) is 0 Å². The molecule has 0 aliphatic carbocycles. The lowest BCUT2D eigenvalue weighted by Gasteiger charge is -2.29. The minimum atomic E-state index is -0.261. The zero-order chi connectivity index (χ0) is 15.2. The molecule has 0 aliphatic heterocycles. The summed E-state index contributed by atoms with van der Waals surface area (Å²) in [6, 6.07) is 4.28. The van der Waals surface area contributed by atoms with E-state index in [4.69, 9.17) is 4.74 Å². The molecule has 0 saturated heterocycles. The van der Waals surface area contributed by atoms with E-state index in [1.807, 2.05) is 6.92 Å². The predicted octanol–water partition coefficient (Wildman–Crippen LogP) is 3.13. The average molecular weight is 279 g/mol. The summed E-state index contributed by atoms with van der Waals surface area (Å²) in [5.41, 5.74) is 3.35. The van der Waals surface area contributed by atoms with Crippen LogP contribution in [-0.4, -0.2) is 30.4 Å². The molecule has 114 valence electrons. The number of hydrogen-bond donors (Lipinski definition) is 2. The van der Waals surface area contributed by atoms with Gasteiger partial charge in [0.15, 0.2) is 0 Å². The standard InChI is InChI=1S/C17H29NO2/c1-6-8-18-17(5,12-19)7-9-20-16-14(3)10-13(2)11-15(16)4/h10-11,18-19H,6-9,12H2,1-5H3. The number of aliphatic hydroxyl groups excluding tert-OH is 1. The number of benzene rings is 1. The summed E-state index contributed by atoms with van der Waals surface area (Å²) in [6.45, 7) is 12.1. The van der Waals surface area contributed by atoms with Crippen LogP contribution >= 0.6 is 0 Å². The number of aliphatic hydroxyl groups is 1. The van der Waals surface area contributed by atoms with Gasteiger partial charge in [-0.25, -0.2) is 0 Å². The predicted molar refractivity (Wildman–Crippen MR) is 84.5 cm³/mol. The van der Waals surface area contributed by atoms with Crippen molar-refractivity contribution in [1.29, 1.82) is 0 Å². The van der Waals surface area contributed by atoms with Crippen molar-refractivity contribution in [2.45, 2.75) is 53.0 Å². The Morgan fingerprint density at radius 2 is 1.80 bits per heavy atom. The van der Waals surface area contributed by atoms with Gasteiger partial charge in [-0.05, 0) is 51.8 Å². The Morgan fingerprint density at radius 1 is 1.20 bits per heavy atom. The van der Waals surface area contributed by atoms with Gasteiger partial charge < -0.3 is 15.2 Å². The quantitative estimate of drug-likeness (QED) is 0.768. The van der Waals surface area contributed by atoms with Crippen molar-refractivity contribution < 1.29 is 9.84 Å². The van der Waals surface area contributed by atoms with Crippen LogP contribution in [-0.2, 0) is 0 Å². The Labute approximate surface area is 123 Å². The van der Waals surface area contributed by atoms with Crippen molar-refractivity contribution in [3.63, 3.8) is 0 Å². The van der Waals surface area contributed by atoms with Crippen LogP contribution in [0.1, 0.15) is 43.4 Å². The second kappa shape index (κ2) is 7.65. The van der Waals surface area contributed by atoms with Crippen molar-refractivity contribution in [3.05, 3.63) is 28.8 Å². The molecule has 1 atom stereocenters. The lowest BCUT2D eigenvalue weighted by Crippen LogP contribution is -2.47. The van der Waals surface area contributed by atoms with Gasteiger partial charge in [-0.1, -0.05) is 24.6 Å². The van der Waals surface area contributed by atoms with Gasteiger partial charge >= 0.3 is 0 Å². The van der Waals surface area contributed by atoms with E-state index < -0.39 is 0 Å². The van der Waals surface area contributed by atoms with E-state index in [0.717, 1.165) is 25.1 Å². The average Bonchev–Trinajstić information content (AvgIpc) is 2.39. The Kier molecular flexibility index (Phi) is 6.50. The fourth-order valence-corrected chi connectivity index (χ4v) is 2.42. The minimum absolute atomic E-state index is 0.127. The molecule has 20 heavy (non-hydrogen) atoms. The van der Waals surface area contributed by atoms with Crippen molar-refractivity contribution in [1.82, 2.24) is 5.32 Å². The third-order valence-corrected chi connectivity index (χ3v) is 3.66. The molecular weight excluding hydrogens is 250 g/mol. The maximum atomic E-state index is 9.54. The van der Waals surface area contributed by atoms with Crippen LogP contribution in [0.2, 0.25) is 0 Å². The highest BCUT2D eigenvalue weighted by molar-refractivity contribution is 5.42. The highest BCUT2D eigenvalue weighted by atomic mass is 16.5. The third-order valence-electron chi connectivity index (χ3n) is 3.66. The van der Waals surface area contributed by atoms with E-state index in [2.05, 4.69) is 45.1 Å². The molecule has 1 unspecified atom stereocenters. The second-order valence-electron chi connectivity index (χ2n) is 5.97. The molecule has 0 bridgehead atoms. The molecule has 2 N–H and O–H groups in total. The normalized spacial score (nSPS) is 14.1. The molecule has 0 aliphatic rings. The van der Waals surface area contributed by atoms with Crippen LogP contribution in [0.4, 0.5) is 0 Å². The van der Waals surface area contributed by atoms with Crippen LogP contribution < -0.4 is 10.1 Å². The number of hydrogen-bond acceptors (Lipinski definition) is 3. The third kappa shape index (κ3) is 4.80. The first-order valence-corrected chi connectivity index (χ1v) is 7.48. The number of ether oxygens (including phenoxy) is 1. The Balaban J connectivity index is 2.59. The maximum Gasteiger partial charge on any atom is 0.125 e. The second-order valence-corrected chi connectivity index (χ2v) is 5.97. The number of aryl methyl sites for hydroxylation is 3. The summed E-state index contributed by atoms with van der Waals surface area (Å²) in [5.74, 6) is 0.978. The lowest BCUT2D eigenvalue weighted by atomic mass is 9.99. The summed E-state index contributed by atoms with van der Waals surface area (Å²) in [6.07, 6.45) is 1.85. The zero-order valence-corrected chi connectivity index (χ0v) is 13.5. The molecule has 0 fully saturated rings. The van der Waals surface area contributed by atoms with Crippen LogP contribution in [0.15, 0.2) is 12.1 Å². The van der Waals surface area contributed by atoms with Crippen molar-refractivity contribution in [3.8, 4) is 5.75 Å². The smallest absolute Gasteiger partial charge is 0.125 e. The molecule has 0 amide bonds. The molecule has 1 rings (SSSR count). The van der Waals surface area contributed by atoms with Crippen LogP contribution in [0.5, 0.6) is 5.75 Å². The first-order chi connectivity index (χ1) is 9.41. The molecule has 3 heteroatoms. The largest absolute Gasteiger partial charge is 0.493 e. The summed E-state index contributed by atoms with van der Waals surface area (Å²) in [5, 5.41) is 12.9. The van der Waals surface area contributed by atoms with E-state index in [1.165, 1.54) is 16.7 Å². The SMILES string of the molecule is CCCNC(C)(CO)CCOc1c(C)cc(C)cc1C. The van der Waals surface area contributed by atoms with E-state index in [0.29, 0.717) is 6.61 Å². The highest BCUT2D eigenvalue weighted by Crippen LogP contribution is 2.25. The fraction of sp³-hybridized carbons (Fsp3) is 0.647. The van der Waals surface area contributed by atoms with E-state index in [1.54, 1.807) is 0 Å². The van der Waals surface area contributed by atoms with Gasteiger partial charge in [0.25, 0.3) is 0 Å². The van der Waals surface area contributed by atoms with E-state index in [9.17, 15) is 5.11 Å². The molecule has 0 aromatic heterocycles. The Hall–Kier alpha value is -1.06. The Morgan fingerprint density at radius 3 is 2.30 bits per heavy atom. The summed E-state index contributed by atoms with van der Waals surface area (Å²) in [7, 11) is 0. The van der Waals surface area contributed by atoms with Crippen molar-refractivity contribution in [2.24, 2.45) is 0 Å². The molecule has 0 spiro atoms. The van der Waals surface area contributed by atoms with Gasteiger partial charge in [-0.3, -0.25) is 0 Å². The highest BCUT2D eigenvalue weighted by Gasteiger charge is 2.22. The first-order valence-electron chi connectivity index (χ1n) is 7.48. The van der Waals surface area contributed by atoms with Gasteiger partial charge in [-0.15, -0.1) is 0 Å². The van der Waals surface area contributed by atoms with Gasteiger partial charge in [0.1, 0.15) is 5.75 Å². The number of nitrogens with one attached hydrogen (secondary N) is 1. The van der Waals surface area contributed by atoms with E-state index >= 15 is 0 Å². The van der Waals surface area contributed by atoms with Crippen molar-refractivity contribution >= 4 is 0 Å². The van der Waals surface area contributed by atoms with Crippen molar-refractivity contribution in [2.75, 3.05) is 19.8 Å². The summed E-state index contributed by atoms with van der Waals surface area (Å²) < 4.78 is 5.95. The zero-order valence-electron chi connectivity index (χ0n) is 13.5. The Bertz CT molecular complexity index is 408. The van der Waals surface area contributed by atoms with E-state index in [-0.39, 0.29) is 12.1 Å². The number of rotatable bonds is 8. The minimum Gasteiger partial charge on any atom is -0.493 e. The molecular formula is C17H29NO2. The summed E-state index contributed by atoms with van der Waals surface area (Å²) >= 11 is 0. The van der Waals surface area contributed by atoms with Gasteiger partial charge in [0.05, 0.1) is 13.2 Å². The maximum absolute atomic E-state index is 9.54. The lowest BCUT2D eigenvalue weighted by molar-refractivity contribution is 0.144. The molecule has 1 aromatic rings. The van der Waals surface area contributed by atoms with Crippen LogP contribution in [0.25, 0.3) is 0 Å². The van der Waals surface area contributed by atoms with Gasteiger partial charge in [-0.2, -0.15) is 0 Å². The molecule has 0 heterocycles. The topological polar surface area (TPSA) is 41.5 Å². The molecule has 3 nitrogen and oxygen atoms in total. The van der Waals surface area contributed by atoms with Crippen LogP contribution in [0.3, 0.4) is 0 Å². The summed E-state index contributed by atoms with van der Waals surface area (Å²) in [4.78, 5) is 0. The molecule has 1 aromatic carbocycles. The monoisotopic (exact) mass is 279 g/mol. The fourth-order valence-electron chi connectivity index (χ4n) is 2.42. The first kappa shape index (κ1) is 17.0. The molecule has 0 saturated carbocycles. The van der Waals surface area contributed by atoms with Crippen LogP contribution in [0, 0.1) is 20.8 Å².